The first-order chi connectivity index (χ1) is 13.3. The molecular formula is C23H27N3O2. The molecule has 0 saturated heterocycles. The van der Waals surface area contributed by atoms with Gasteiger partial charge in [-0.3, -0.25) is 9.59 Å². The second-order valence-electron chi connectivity index (χ2n) is 8.01. The standard InChI is InChI=1S/C23H27N3O2/c1-23(2,3)17-8-10-18(11-9-17)26-22(28)14-21(27)24-13-12-16-15-25-20-7-5-4-6-19(16)20/h4-11,15,25H,12-14H2,1-3H3,(H,24,27)(H,26,28). The zero-order valence-corrected chi connectivity index (χ0v) is 16.6. The van der Waals surface area contributed by atoms with Crippen LogP contribution in [0.4, 0.5) is 5.69 Å². The minimum atomic E-state index is -0.312. The molecule has 0 aliphatic rings. The summed E-state index contributed by atoms with van der Waals surface area (Å²) < 4.78 is 0. The summed E-state index contributed by atoms with van der Waals surface area (Å²) in [4.78, 5) is 27.4. The van der Waals surface area contributed by atoms with Crippen molar-refractivity contribution in [1.82, 2.24) is 10.3 Å². The molecule has 1 aromatic heterocycles. The van der Waals surface area contributed by atoms with Gasteiger partial charge in [0.2, 0.25) is 11.8 Å². The van der Waals surface area contributed by atoms with Crippen LogP contribution in [0.1, 0.15) is 38.3 Å². The summed E-state index contributed by atoms with van der Waals surface area (Å²) in [5.41, 5.74) is 4.19. The average molecular weight is 377 g/mol. The first kappa shape index (κ1) is 19.7. The maximum atomic E-state index is 12.1. The van der Waals surface area contributed by atoms with Crippen molar-refractivity contribution in [3.63, 3.8) is 0 Å². The molecule has 3 N–H and O–H groups in total. The molecule has 0 bridgehead atoms. The van der Waals surface area contributed by atoms with E-state index in [4.69, 9.17) is 0 Å². The van der Waals surface area contributed by atoms with Gasteiger partial charge in [-0.1, -0.05) is 51.1 Å². The highest BCUT2D eigenvalue weighted by molar-refractivity contribution is 6.03. The molecule has 0 fully saturated rings. The normalized spacial score (nSPS) is 11.4. The van der Waals surface area contributed by atoms with Crippen molar-refractivity contribution in [3.05, 3.63) is 65.9 Å². The molecule has 28 heavy (non-hydrogen) atoms. The van der Waals surface area contributed by atoms with Gasteiger partial charge in [0.15, 0.2) is 0 Å². The van der Waals surface area contributed by atoms with Crippen molar-refractivity contribution in [2.24, 2.45) is 0 Å². The molecule has 0 aliphatic heterocycles. The minimum Gasteiger partial charge on any atom is -0.361 e. The van der Waals surface area contributed by atoms with E-state index < -0.39 is 0 Å². The monoisotopic (exact) mass is 377 g/mol. The van der Waals surface area contributed by atoms with Crippen molar-refractivity contribution < 1.29 is 9.59 Å². The third-order valence-electron chi connectivity index (χ3n) is 4.75. The maximum Gasteiger partial charge on any atom is 0.233 e. The Kier molecular flexibility index (Phi) is 5.83. The van der Waals surface area contributed by atoms with Crippen LogP contribution in [0, 0.1) is 0 Å². The van der Waals surface area contributed by atoms with Gasteiger partial charge in [0.25, 0.3) is 0 Å². The predicted molar refractivity (Wildman–Crippen MR) is 113 cm³/mol. The molecule has 0 atom stereocenters. The van der Waals surface area contributed by atoms with Gasteiger partial charge in [0.1, 0.15) is 6.42 Å². The number of aromatic amines is 1. The van der Waals surface area contributed by atoms with E-state index in [2.05, 4.69) is 42.5 Å². The number of hydrogen-bond acceptors (Lipinski definition) is 2. The number of para-hydroxylation sites is 1. The second kappa shape index (κ2) is 8.30. The number of H-pyrrole nitrogens is 1. The van der Waals surface area contributed by atoms with Crippen molar-refractivity contribution >= 4 is 28.4 Å². The molecular weight excluding hydrogens is 350 g/mol. The molecule has 5 nitrogen and oxygen atoms in total. The van der Waals surface area contributed by atoms with Crippen molar-refractivity contribution in [3.8, 4) is 0 Å². The lowest BCUT2D eigenvalue weighted by Crippen LogP contribution is -2.29. The third-order valence-corrected chi connectivity index (χ3v) is 4.75. The molecule has 1 heterocycles. The fourth-order valence-corrected chi connectivity index (χ4v) is 3.14. The van der Waals surface area contributed by atoms with Gasteiger partial charge in [-0.15, -0.1) is 0 Å². The fraction of sp³-hybridized carbons (Fsp3) is 0.304. The molecule has 3 rings (SSSR count). The summed E-state index contributed by atoms with van der Waals surface area (Å²) in [5.74, 6) is -0.586. The van der Waals surface area contributed by atoms with Gasteiger partial charge in [-0.2, -0.15) is 0 Å². The average Bonchev–Trinajstić information content (AvgIpc) is 3.04. The Bertz CT molecular complexity index is 965. The van der Waals surface area contributed by atoms with E-state index in [1.54, 1.807) is 0 Å². The largest absolute Gasteiger partial charge is 0.361 e. The summed E-state index contributed by atoms with van der Waals surface area (Å²) in [7, 11) is 0. The summed E-state index contributed by atoms with van der Waals surface area (Å²) in [6.07, 6.45) is 2.49. The second-order valence-corrected chi connectivity index (χ2v) is 8.01. The Morgan fingerprint density at radius 3 is 2.39 bits per heavy atom. The van der Waals surface area contributed by atoms with Crippen LogP contribution < -0.4 is 10.6 Å². The van der Waals surface area contributed by atoms with Crippen molar-refractivity contribution in [1.29, 1.82) is 0 Å². The molecule has 0 radical (unpaired) electrons. The Balaban J connectivity index is 1.45. The van der Waals surface area contributed by atoms with E-state index in [1.807, 2.05) is 48.7 Å². The van der Waals surface area contributed by atoms with Crippen LogP contribution in [0.2, 0.25) is 0 Å². The maximum absolute atomic E-state index is 12.1. The van der Waals surface area contributed by atoms with E-state index in [0.29, 0.717) is 18.7 Å². The Hall–Kier alpha value is -3.08. The zero-order valence-electron chi connectivity index (χ0n) is 16.6. The fourth-order valence-electron chi connectivity index (χ4n) is 3.14. The molecule has 0 spiro atoms. The molecule has 0 saturated carbocycles. The van der Waals surface area contributed by atoms with Gasteiger partial charge >= 0.3 is 0 Å². The van der Waals surface area contributed by atoms with Crippen LogP contribution in [0.25, 0.3) is 10.9 Å². The molecule has 2 aromatic carbocycles. The molecule has 0 aliphatic carbocycles. The number of carbonyl (C=O) groups excluding carboxylic acids is 2. The molecule has 146 valence electrons. The Morgan fingerprint density at radius 2 is 1.68 bits per heavy atom. The summed E-state index contributed by atoms with van der Waals surface area (Å²) in [6, 6.07) is 15.8. The molecule has 5 heteroatoms. The first-order valence-corrected chi connectivity index (χ1v) is 9.55. The SMILES string of the molecule is CC(C)(C)c1ccc(NC(=O)CC(=O)NCCc2c[nH]c3ccccc23)cc1. The smallest absolute Gasteiger partial charge is 0.233 e. The topological polar surface area (TPSA) is 74.0 Å². The quantitative estimate of drug-likeness (QED) is 0.565. The highest BCUT2D eigenvalue weighted by atomic mass is 16.2. The van der Waals surface area contributed by atoms with E-state index in [-0.39, 0.29) is 23.7 Å². The van der Waals surface area contributed by atoms with Crippen LogP contribution >= 0.6 is 0 Å². The van der Waals surface area contributed by atoms with Gasteiger partial charge in [-0.05, 0) is 41.2 Å². The summed E-state index contributed by atoms with van der Waals surface area (Å²) >= 11 is 0. The number of aromatic nitrogens is 1. The first-order valence-electron chi connectivity index (χ1n) is 9.55. The molecule has 0 unspecified atom stereocenters. The van der Waals surface area contributed by atoms with Crippen LogP contribution in [-0.4, -0.2) is 23.3 Å². The highest BCUT2D eigenvalue weighted by Gasteiger charge is 2.14. The zero-order chi connectivity index (χ0) is 20.1. The predicted octanol–water partition coefficient (Wildman–Crippen LogP) is 4.15. The Labute approximate surface area is 165 Å². The third kappa shape index (κ3) is 5.00. The van der Waals surface area contributed by atoms with Crippen LogP contribution in [0.15, 0.2) is 54.7 Å². The lowest BCUT2D eigenvalue weighted by molar-refractivity contribution is -0.126. The van der Waals surface area contributed by atoms with Gasteiger partial charge in [0, 0.05) is 29.3 Å². The van der Waals surface area contributed by atoms with Crippen molar-refractivity contribution in [2.75, 3.05) is 11.9 Å². The van der Waals surface area contributed by atoms with Gasteiger partial charge < -0.3 is 15.6 Å². The minimum absolute atomic E-state index is 0.0627. The van der Waals surface area contributed by atoms with E-state index >= 15 is 0 Å². The van der Waals surface area contributed by atoms with Crippen LogP contribution in [0.3, 0.4) is 0 Å². The molecule has 3 aromatic rings. The number of anilines is 1. The van der Waals surface area contributed by atoms with Crippen LogP contribution in [-0.2, 0) is 21.4 Å². The number of carbonyl (C=O) groups is 2. The lowest BCUT2D eigenvalue weighted by Gasteiger charge is -2.19. The number of fused-ring (bicyclic) bond motifs is 1. The number of rotatable bonds is 6. The van der Waals surface area contributed by atoms with E-state index in [0.717, 1.165) is 16.5 Å². The number of amides is 2. The molecule has 2 amide bonds. The summed E-state index contributed by atoms with van der Waals surface area (Å²) in [5, 5.41) is 6.75. The van der Waals surface area contributed by atoms with Gasteiger partial charge in [0.05, 0.1) is 0 Å². The van der Waals surface area contributed by atoms with Gasteiger partial charge in [-0.25, -0.2) is 0 Å². The van der Waals surface area contributed by atoms with E-state index in [1.165, 1.54) is 5.56 Å². The number of hydrogen-bond donors (Lipinski definition) is 3. The number of nitrogens with one attached hydrogen (secondary N) is 3. The lowest BCUT2D eigenvalue weighted by atomic mass is 9.87. The number of benzene rings is 2. The van der Waals surface area contributed by atoms with E-state index in [9.17, 15) is 9.59 Å². The highest BCUT2D eigenvalue weighted by Crippen LogP contribution is 2.23. The summed E-state index contributed by atoms with van der Waals surface area (Å²) in [6.45, 7) is 6.91. The van der Waals surface area contributed by atoms with Crippen LogP contribution in [0.5, 0.6) is 0 Å². The Morgan fingerprint density at radius 1 is 0.964 bits per heavy atom. The van der Waals surface area contributed by atoms with Crippen molar-refractivity contribution in [2.45, 2.75) is 39.0 Å².